The monoisotopic (exact) mass is 454 g/mol. The van der Waals surface area contributed by atoms with E-state index in [-0.39, 0.29) is 9.16 Å². The van der Waals surface area contributed by atoms with E-state index in [2.05, 4.69) is 56.2 Å². The molecule has 123 valence electrons. The molecular formula is C16H25Cl3NSiZr. The van der Waals surface area contributed by atoms with Gasteiger partial charge in [-0.2, -0.15) is 0 Å². The second-order valence-corrected chi connectivity index (χ2v) is 48.9. The summed E-state index contributed by atoms with van der Waals surface area (Å²) in [6.07, 6.45) is 2.17. The molecule has 0 bridgehead atoms. The number of allylic oxidation sites excluding steroid dienone is 1. The van der Waals surface area contributed by atoms with Crippen LogP contribution in [0.1, 0.15) is 42.4 Å². The zero-order valence-corrected chi connectivity index (χ0v) is 20.0. The maximum absolute atomic E-state index is 7.44. The molecule has 1 aromatic rings. The molecule has 1 aromatic carbocycles. The fourth-order valence-corrected chi connectivity index (χ4v) is 31.8. The summed E-state index contributed by atoms with van der Waals surface area (Å²) >= 11 is 2.17. The number of hydrogen-bond acceptors (Lipinski definition) is 1. The maximum atomic E-state index is 7.44. The molecule has 2 rings (SSSR count). The molecule has 1 aliphatic rings. The van der Waals surface area contributed by atoms with Crippen molar-refractivity contribution in [3.8, 4) is 0 Å². The van der Waals surface area contributed by atoms with Crippen LogP contribution in [0.15, 0.2) is 23.8 Å². The van der Waals surface area contributed by atoms with Crippen molar-refractivity contribution in [2.75, 3.05) is 0 Å². The molecule has 1 nitrogen and oxygen atoms in total. The van der Waals surface area contributed by atoms with E-state index in [4.69, 9.17) is 28.6 Å². The molecule has 0 radical (unpaired) electrons. The second kappa shape index (κ2) is 6.00. The Hall–Kier alpha value is 0.890. The van der Waals surface area contributed by atoms with E-state index >= 15 is 0 Å². The van der Waals surface area contributed by atoms with Gasteiger partial charge in [0.2, 0.25) is 0 Å². The first kappa shape index (κ1) is 19.2. The van der Waals surface area contributed by atoms with Crippen molar-refractivity contribution in [3.05, 3.63) is 39.9 Å². The van der Waals surface area contributed by atoms with Gasteiger partial charge in [0.05, 0.1) is 0 Å². The Morgan fingerprint density at radius 2 is 1.77 bits per heavy atom. The van der Waals surface area contributed by atoms with E-state index in [9.17, 15) is 0 Å². The van der Waals surface area contributed by atoms with Gasteiger partial charge in [-0.1, -0.05) is 0 Å². The standard InChI is InChI=1S/C10H8Cl.C4H10N.C2H7Si.2ClH.Zr/c1-7-5-8-3-2-4-10(11)9(8)6-7;1-4(2,3)5;1-3-2;;;/h2-6H,1H3;5H,1-3H3;3H,1-2H3;2*1H;/q;-1;;;;+3/p-2. The van der Waals surface area contributed by atoms with E-state index in [1.54, 1.807) is 0 Å². The summed E-state index contributed by atoms with van der Waals surface area (Å²) in [5.41, 5.74) is 3.45. The topological polar surface area (TPSA) is 12.0 Å². The van der Waals surface area contributed by atoms with Crippen molar-refractivity contribution in [1.29, 1.82) is 0 Å². The van der Waals surface area contributed by atoms with Crippen LogP contribution < -0.4 is 3.26 Å². The van der Waals surface area contributed by atoms with Gasteiger partial charge in [0, 0.05) is 0 Å². The van der Waals surface area contributed by atoms with Gasteiger partial charge >= 0.3 is 150 Å². The fourth-order valence-electron chi connectivity index (χ4n) is 3.48. The van der Waals surface area contributed by atoms with E-state index in [1.165, 1.54) is 11.1 Å². The summed E-state index contributed by atoms with van der Waals surface area (Å²) in [6, 6.07) is 6.07. The number of halogens is 3. The molecule has 0 saturated heterocycles. The van der Waals surface area contributed by atoms with E-state index in [0.29, 0.717) is 0 Å². The molecular weight excluding hydrogens is 432 g/mol. The molecule has 1 atom stereocenters. The number of fused-ring (bicyclic) bond motifs is 1. The average molecular weight is 457 g/mol. The van der Waals surface area contributed by atoms with Crippen LogP contribution >= 0.6 is 28.6 Å². The van der Waals surface area contributed by atoms with Gasteiger partial charge in [-0.05, 0) is 0 Å². The van der Waals surface area contributed by atoms with Gasteiger partial charge in [0.1, 0.15) is 0 Å². The van der Waals surface area contributed by atoms with Crippen LogP contribution in [0.4, 0.5) is 0 Å². The molecule has 1 aliphatic carbocycles. The third-order valence-electron chi connectivity index (χ3n) is 4.43. The molecule has 0 aliphatic heterocycles. The first-order valence-electron chi connectivity index (χ1n) is 7.70. The zero-order valence-electron chi connectivity index (χ0n) is 14.1. The third-order valence-corrected chi connectivity index (χ3v) is 52.0. The minimum atomic E-state index is -4.22. The summed E-state index contributed by atoms with van der Waals surface area (Å²) in [6.45, 7) is 13.1. The Morgan fingerprint density at radius 3 is 2.27 bits per heavy atom. The zero-order chi connectivity index (χ0) is 16.9. The van der Waals surface area contributed by atoms with Crippen molar-refractivity contribution < 1.29 is 15.8 Å². The van der Waals surface area contributed by atoms with Crippen LogP contribution in [0, 0.1) is 0 Å². The first-order chi connectivity index (χ1) is 9.86. The Labute approximate surface area is 148 Å². The molecule has 0 heterocycles. The Morgan fingerprint density at radius 1 is 1.18 bits per heavy atom. The first-order valence-corrected chi connectivity index (χ1v) is 24.2. The Kier molecular flexibility index (Phi) is 5.24. The number of hydrogen-bond donors (Lipinski definition) is 1. The summed E-state index contributed by atoms with van der Waals surface area (Å²) in [7, 11) is 14.9. The SMILES string of the molecule is CC1=Cc2c(Cl)cccc2[CH]1[Zr]([Cl])([Cl])([NH]C(C)(C)C)[SiH](C)C. The molecule has 0 spiro atoms. The number of rotatable bonds is 3. The number of nitrogens with one attached hydrogen (secondary N) is 1. The quantitative estimate of drug-likeness (QED) is 0.543. The van der Waals surface area contributed by atoms with E-state index in [0.717, 1.165) is 10.6 Å². The van der Waals surface area contributed by atoms with Crippen LogP contribution in [0.2, 0.25) is 18.1 Å². The van der Waals surface area contributed by atoms with Crippen LogP contribution in [-0.4, -0.2) is 11.5 Å². The Bertz CT molecular complexity index is 635. The molecule has 6 heteroatoms. The van der Waals surface area contributed by atoms with Crippen molar-refractivity contribution in [2.24, 2.45) is 0 Å². The molecule has 22 heavy (non-hydrogen) atoms. The molecule has 0 saturated carbocycles. The van der Waals surface area contributed by atoms with Gasteiger partial charge < -0.3 is 0 Å². The van der Waals surface area contributed by atoms with Gasteiger partial charge in [-0.3, -0.25) is 0 Å². The van der Waals surface area contributed by atoms with Gasteiger partial charge in [-0.25, -0.2) is 0 Å². The minimum absolute atomic E-state index is 0.104. The predicted octanol–water partition coefficient (Wildman–Crippen LogP) is 6.08. The van der Waals surface area contributed by atoms with Crippen LogP contribution in [-0.2, 0) is 15.8 Å². The van der Waals surface area contributed by atoms with Gasteiger partial charge in [0.15, 0.2) is 0 Å². The van der Waals surface area contributed by atoms with E-state index < -0.39 is 21.8 Å². The molecule has 0 amide bonds. The predicted molar refractivity (Wildman–Crippen MR) is 101 cm³/mol. The van der Waals surface area contributed by atoms with E-state index in [1.807, 2.05) is 12.1 Å². The van der Waals surface area contributed by atoms with Crippen molar-refractivity contribution in [2.45, 2.75) is 50.0 Å². The van der Waals surface area contributed by atoms with Crippen molar-refractivity contribution >= 4 is 40.6 Å². The summed E-state index contributed by atoms with van der Waals surface area (Å²) in [5.74, 6) is -1.34. The summed E-state index contributed by atoms with van der Waals surface area (Å²) < 4.78 is 3.87. The average Bonchev–Trinajstić information content (AvgIpc) is 2.65. The van der Waals surface area contributed by atoms with Crippen molar-refractivity contribution in [1.82, 2.24) is 3.26 Å². The number of benzene rings is 1. The summed E-state index contributed by atoms with van der Waals surface area (Å²) in [5, 5.41) is 0.783. The fraction of sp³-hybridized carbons (Fsp3) is 0.500. The van der Waals surface area contributed by atoms with Crippen molar-refractivity contribution in [3.63, 3.8) is 0 Å². The summed E-state index contributed by atoms with van der Waals surface area (Å²) in [4.78, 5) is 0. The van der Waals surface area contributed by atoms with Gasteiger partial charge in [0.25, 0.3) is 0 Å². The van der Waals surface area contributed by atoms with Gasteiger partial charge in [-0.15, -0.1) is 0 Å². The van der Waals surface area contributed by atoms with Crippen LogP contribution in [0.5, 0.6) is 0 Å². The third kappa shape index (κ3) is 3.32. The second-order valence-electron chi connectivity index (χ2n) is 7.75. The Balaban J connectivity index is 2.67. The molecule has 1 N–H and O–H groups in total. The molecule has 1 unspecified atom stereocenters. The van der Waals surface area contributed by atoms with Crippen LogP contribution in [0.25, 0.3) is 6.08 Å². The molecule has 0 aromatic heterocycles. The molecule has 0 fully saturated rings. The normalized spacial score (nSPS) is 20.5. The van der Waals surface area contributed by atoms with Crippen LogP contribution in [0.3, 0.4) is 0 Å².